The van der Waals surface area contributed by atoms with Gasteiger partial charge in [-0.1, -0.05) is 15.9 Å². The van der Waals surface area contributed by atoms with Crippen molar-refractivity contribution in [1.82, 2.24) is 9.71 Å². The third-order valence-corrected chi connectivity index (χ3v) is 5.33. The molecule has 0 amide bonds. The monoisotopic (exact) mass is 408 g/mol. The van der Waals surface area contributed by atoms with Crippen LogP contribution < -0.4 is 9.62 Å². The molecule has 0 bridgehead atoms. The Labute approximate surface area is 149 Å². The smallest absolute Gasteiger partial charge is 0.208 e. The Hall–Kier alpha value is -1.69. The zero-order valence-electron chi connectivity index (χ0n) is 13.2. The number of piperidine rings is 1. The lowest BCUT2D eigenvalue weighted by atomic mass is 10.1. The van der Waals surface area contributed by atoms with Crippen LogP contribution in [0.3, 0.4) is 0 Å². The molecule has 0 saturated carbocycles. The number of hydrogen-bond donors (Lipinski definition) is 1. The molecule has 1 saturated heterocycles. The predicted octanol–water partition coefficient (Wildman–Crippen LogP) is 2.39. The van der Waals surface area contributed by atoms with Crippen molar-refractivity contribution in [3.05, 3.63) is 34.3 Å². The summed E-state index contributed by atoms with van der Waals surface area (Å²) in [6.45, 7) is 1.40. The van der Waals surface area contributed by atoms with E-state index in [0.717, 1.165) is 34.0 Å². The van der Waals surface area contributed by atoms with Gasteiger partial charge in [0.15, 0.2) is 0 Å². The van der Waals surface area contributed by atoms with Crippen molar-refractivity contribution in [2.75, 3.05) is 24.2 Å². The minimum absolute atomic E-state index is 0.0388. The highest BCUT2D eigenvalue weighted by atomic mass is 79.9. The van der Waals surface area contributed by atoms with Crippen LogP contribution in [0, 0.1) is 11.3 Å². The third-order valence-electron chi connectivity index (χ3n) is 4.08. The van der Waals surface area contributed by atoms with Gasteiger partial charge in [-0.05, 0) is 37.1 Å². The van der Waals surface area contributed by atoms with Crippen molar-refractivity contribution in [3.63, 3.8) is 0 Å². The minimum Gasteiger partial charge on any atom is -0.356 e. The normalized spacial score (nSPS) is 16.3. The van der Waals surface area contributed by atoms with Gasteiger partial charge < -0.3 is 4.90 Å². The van der Waals surface area contributed by atoms with Crippen molar-refractivity contribution < 1.29 is 8.42 Å². The summed E-state index contributed by atoms with van der Waals surface area (Å²) in [4.78, 5) is 6.76. The van der Waals surface area contributed by atoms with Crippen LogP contribution >= 0.6 is 15.9 Å². The van der Waals surface area contributed by atoms with Crippen LogP contribution in [-0.2, 0) is 10.0 Å². The van der Waals surface area contributed by atoms with E-state index in [4.69, 9.17) is 0 Å². The maximum absolute atomic E-state index is 11.3. The van der Waals surface area contributed by atoms with E-state index in [0.29, 0.717) is 18.7 Å². The summed E-state index contributed by atoms with van der Waals surface area (Å²) < 4.78 is 26.2. The van der Waals surface area contributed by atoms with E-state index in [2.05, 4.69) is 36.6 Å². The van der Waals surface area contributed by atoms with E-state index in [1.54, 1.807) is 6.07 Å². The molecule has 8 heteroatoms. The first-order chi connectivity index (χ1) is 11.4. The first-order valence-electron chi connectivity index (χ1n) is 7.58. The first kappa shape index (κ1) is 17.1. The minimum atomic E-state index is -3.18. The molecule has 1 fully saturated rings. The van der Waals surface area contributed by atoms with Crippen molar-refractivity contribution in [1.29, 1.82) is 5.26 Å². The van der Waals surface area contributed by atoms with Gasteiger partial charge in [0.2, 0.25) is 10.0 Å². The van der Waals surface area contributed by atoms with Crippen LogP contribution in [0.15, 0.2) is 28.7 Å². The van der Waals surface area contributed by atoms with Gasteiger partial charge in [0.25, 0.3) is 0 Å². The zero-order valence-corrected chi connectivity index (χ0v) is 15.6. The number of fused-ring (bicyclic) bond motifs is 1. The summed E-state index contributed by atoms with van der Waals surface area (Å²) in [5.74, 6) is 0.763. The van der Waals surface area contributed by atoms with Gasteiger partial charge in [-0.15, -0.1) is 0 Å². The molecule has 6 nitrogen and oxygen atoms in total. The van der Waals surface area contributed by atoms with E-state index >= 15 is 0 Å². The van der Waals surface area contributed by atoms with E-state index in [1.165, 1.54) is 6.26 Å². The molecule has 0 aliphatic carbocycles. The zero-order chi connectivity index (χ0) is 17.3. The van der Waals surface area contributed by atoms with Crippen molar-refractivity contribution in [2.45, 2.75) is 18.9 Å². The molecule has 2 aromatic rings. The molecule has 126 valence electrons. The number of hydrogen-bond acceptors (Lipinski definition) is 5. The Morgan fingerprint density at radius 1 is 1.33 bits per heavy atom. The van der Waals surface area contributed by atoms with E-state index < -0.39 is 10.0 Å². The fourth-order valence-electron chi connectivity index (χ4n) is 2.97. The number of halogens is 1. The van der Waals surface area contributed by atoms with Gasteiger partial charge >= 0.3 is 0 Å². The van der Waals surface area contributed by atoms with Crippen LogP contribution in [-0.4, -0.2) is 38.8 Å². The maximum atomic E-state index is 11.3. The molecule has 1 aliphatic heterocycles. The second-order valence-electron chi connectivity index (χ2n) is 5.95. The van der Waals surface area contributed by atoms with Crippen molar-refractivity contribution in [3.8, 4) is 6.07 Å². The first-order valence-corrected chi connectivity index (χ1v) is 10.3. The topological polar surface area (TPSA) is 86.1 Å². The van der Waals surface area contributed by atoms with Crippen LogP contribution in [0.2, 0.25) is 0 Å². The fourth-order valence-corrected chi connectivity index (χ4v) is 4.17. The summed E-state index contributed by atoms with van der Waals surface area (Å²) in [5, 5.41) is 10.3. The van der Waals surface area contributed by atoms with Gasteiger partial charge in [0, 0.05) is 29.0 Å². The second-order valence-corrected chi connectivity index (χ2v) is 8.65. The largest absolute Gasteiger partial charge is 0.356 e. The molecule has 1 aromatic heterocycles. The van der Waals surface area contributed by atoms with E-state index in [-0.39, 0.29) is 6.04 Å². The Kier molecular flexibility index (Phi) is 4.76. The quantitative estimate of drug-likeness (QED) is 0.842. The van der Waals surface area contributed by atoms with Crippen LogP contribution in [0.5, 0.6) is 0 Å². The number of anilines is 1. The van der Waals surface area contributed by atoms with Crippen LogP contribution in [0.4, 0.5) is 5.82 Å². The summed E-state index contributed by atoms with van der Waals surface area (Å²) in [6.07, 6.45) is 2.62. The highest BCUT2D eigenvalue weighted by Crippen LogP contribution is 2.27. The third kappa shape index (κ3) is 3.86. The molecule has 24 heavy (non-hydrogen) atoms. The molecule has 1 N–H and O–H groups in total. The lowest BCUT2D eigenvalue weighted by Crippen LogP contribution is -2.44. The average molecular weight is 409 g/mol. The maximum Gasteiger partial charge on any atom is 0.208 e. The van der Waals surface area contributed by atoms with E-state index in [1.807, 2.05) is 18.2 Å². The fraction of sp³-hybridized carbons (Fsp3) is 0.375. The Balaban J connectivity index is 1.84. The Morgan fingerprint density at radius 2 is 2.04 bits per heavy atom. The molecule has 1 aromatic carbocycles. The number of nitriles is 1. The highest BCUT2D eigenvalue weighted by molar-refractivity contribution is 9.10. The van der Waals surface area contributed by atoms with Crippen molar-refractivity contribution >= 4 is 42.7 Å². The molecular weight excluding hydrogens is 392 g/mol. The van der Waals surface area contributed by atoms with Crippen molar-refractivity contribution in [2.24, 2.45) is 0 Å². The Bertz CT molecular complexity index is 916. The molecule has 3 rings (SSSR count). The molecule has 0 atom stereocenters. The van der Waals surface area contributed by atoms with Gasteiger partial charge in [0.1, 0.15) is 5.82 Å². The summed E-state index contributed by atoms with van der Waals surface area (Å²) >= 11 is 3.42. The molecule has 0 spiro atoms. The second kappa shape index (κ2) is 6.67. The Morgan fingerprint density at radius 3 is 2.67 bits per heavy atom. The number of nitrogens with one attached hydrogen (secondary N) is 1. The van der Waals surface area contributed by atoms with Crippen LogP contribution in [0.25, 0.3) is 10.9 Å². The lowest BCUT2D eigenvalue weighted by molar-refractivity contribution is 0.460. The standard InChI is InChI=1S/C16H17BrN4O2S/c1-24(22,23)20-13-4-6-21(7-5-13)16-8-11(10-18)14-9-12(17)2-3-15(14)19-16/h2-3,8-9,13,20H,4-7H2,1H3. The number of sulfonamides is 1. The molecule has 0 unspecified atom stereocenters. The summed E-state index contributed by atoms with van der Waals surface area (Å²) in [7, 11) is -3.18. The van der Waals surface area contributed by atoms with Gasteiger partial charge in [-0.25, -0.2) is 18.1 Å². The number of nitrogens with zero attached hydrogens (tertiary/aromatic N) is 3. The van der Waals surface area contributed by atoms with Gasteiger partial charge in [-0.3, -0.25) is 0 Å². The molecule has 1 aliphatic rings. The van der Waals surface area contributed by atoms with E-state index in [9.17, 15) is 13.7 Å². The van der Waals surface area contributed by atoms with Crippen LogP contribution in [0.1, 0.15) is 18.4 Å². The molecule has 2 heterocycles. The number of aromatic nitrogens is 1. The predicted molar refractivity (Wildman–Crippen MR) is 97.4 cm³/mol. The number of rotatable bonds is 3. The highest BCUT2D eigenvalue weighted by Gasteiger charge is 2.23. The van der Waals surface area contributed by atoms with Gasteiger partial charge in [-0.2, -0.15) is 5.26 Å². The number of pyridine rings is 1. The molecular formula is C16H17BrN4O2S. The SMILES string of the molecule is CS(=O)(=O)NC1CCN(c2cc(C#N)c3cc(Br)ccc3n2)CC1. The number of benzene rings is 1. The molecule has 0 radical (unpaired) electrons. The average Bonchev–Trinajstić information content (AvgIpc) is 2.53. The lowest BCUT2D eigenvalue weighted by Gasteiger charge is -2.33. The van der Waals surface area contributed by atoms with Gasteiger partial charge in [0.05, 0.1) is 23.4 Å². The summed E-state index contributed by atoms with van der Waals surface area (Å²) in [5.41, 5.74) is 1.37. The summed E-state index contributed by atoms with van der Waals surface area (Å²) in [6, 6.07) is 9.69.